The molecule has 1 aromatic rings. The van der Waals surface area contributed by atoms with Crippen molar-refractivity contribution in [3.63, 3.8) is 0 Å². The number of aryl methyl sites for hydroxylation is 1. The highest BCUT2D eigenvalue weighted by molar-refractivity contribution is 5.92. The molecule has 0 spiro atoms. The average Bonchev–Trinajstić information content (AvgIpc) is 2.87. The lowest BCUT2D eigenvalue weighted by atomic mass is 9.95. The molecule has 2 atom stereocenters. The number of carbonyl (C=O) groups excluding carboxylic acids is 1. The number of piperidine rings is 1. The lowest BCUT2D eigenvalue weighted by molar-refractivity contribution is 0.0750. The molecule has 19 heavy (non-hydrogen) atoms. The maximum absolute atomic E-state index is 11.9. The van der Waals surface area contributed by atoms with E-state index in [4.69, 9.17) is 4.52 Å². The van der Waals surface area contributed by atoms with Gasteiger partial charge < -0.3 is 20.3 Å². The van der Waals surface area contributed by atoms with Crippen LogP contribution in [-0.2, 0) is 6.42 Å². The molecular formula is C13H21N3O3. The van der Waals surface area contributed by atoms with Gasteiger partial charge in [-0.3, -0.25) is 4.79 Å². The van der Waals surface area contributed by atoms with E-state index in [1.54, 1.807) is 6.07 Å². The van der Waals surface area contributed by atoms with E-state index in [1.807, 2.05) is 6.92 Å². The number of nitrogens with zero attached hydrogens (tertiary/aromatic N) is 1. The molecule has 0 unspecified atom stereocenters. The Hall–Kier alpha value is -1.40. The Morgan fingerprint density at radius 1 is 1.68 bits per heavy atom. The van der Waals surface area contributed by atoms with Gasteiger partial charge in [-0.1, -0.05) is 12.1 Å². The highest BCUT2D eigenvalue weighted by Crippen LogP contribution is 2.12. The third kappa shape index (κ3) is 3.78. The minimum atomic E-state index is -0.401. The van der Waals surface area contributed by atoms with Gasteiger partial charge in [0.15, 0.2) is 5.69 Å². The van der Waals surface area contributed by atoms with Crippen LogP contribution < -0.4 is 10.6 Å². The lowest BCUT2D eigenvalue weighted by Crippen LogP contribution is -2.45. The second-order valence-corrected chi connectivity index (χ2v) is 4.96. The van der Waals surface area contributed by atoms with Crippen molar-refractivity contribution >= 4 is 5.91 Å². The molecular weight excluding hydrogens is 246 g/mol. The summed E-state index contributed by atoms with van der Waals surface area (Å²) >= 11 is 0. The molecule has 6 nitrogen and oxygen atoms in total. The Labute approximate surface area is 112 Å². The topological polar surface area (TPSA) is 87.4 Å². The summed E-state index contributed by atoms with van der Waals surface area (Å²) in [4.78, 5) is 11.9. The highest BCUT2D eigenvalue weighted by Gasteiger charge is 2.23. The van der Waals surface area contributed by atoms with Crippen LogP contribution in [0.3, 0.4) is 0 Å². The van der Waals surface area contributed by atoms with Crippen molar-refractivity contribution < 1.29 is 14.4 Å². The van der Waals surface area contributed by atoms with Gasteiger partial charge in [0.1, 0.15) is 5.76 Å². The van der Waals surface area contributed by atoms with Gasteiger partial charge in [-0.05, 0) is 19.4 Å². The molecule has 106 valence electrons. The van der Waals surface area contributed by atoms with E-state index in [9.17, 15) is 9.90 Å². The van der Waals surface area contributed by atoms with Crippen LogP contribution in [-0.4, -0.2) is 41.9 Å². The number of nitrogens with one attached hydrogen (secondary N) is 2. The molecule has 1 saturated heterocycles. The van der Waals surface area contributed by atoms with Gasteiger partial charge in [0, 0.05) is 31.5 Å². The van der Waals surface area contributed by atoms with Gasteiger partial charge in [0.05, 0.1) is 6.10 Å². The third-order valence-corrected chi connectivity index (χ3v) is 3.40. The fourth-order valence-electron chi connectivity index (χ4n) is 2.23. The lowest BCUT2D eigenvalue weighted by Gasteiger charge is -2.28. The fraction of sp³-hybridized carbons (Fsp3) is 0.692. The van der Waals surface area contributed by atoms with E-state index >= 15 is 0 Å². The minimum absolute atomic E-state index is 0.104. The molecule has 2 heterocycles. The van der Waals surface area contributed by atoms with Crippen molar-refractivity contribution in [2.75, 3.05) is 19.6 Å². The van der Waals surface area contributed by atoms with E-state index in [-0.39, 0.29) is 11.8 Å². The first-order valence-electron chi connectivity index (χ1n) is 6.83. The zero-order valence-electron chi connectivity index (χ0n) is 11.2. The summed E-state index contributed by atoms with van der Waals surface area (Å²) in [7, 11) is 0. The molecule has 3 N–H and O–H groups in total. The van der Waals surface area contributed by atoms with Gasteiger partial charge in [-0.15, -0.1) is 0 Å². The van der Waals surface area contributed by atoms with Gasteiger partial charge in [0.2, 0.25) is 0 Å². The number of aliphatic hydroxyl groups is 1. The first-order chi connectivity index (χ1) is 9.20. The third-order valence-electron chi connectivity index (χ3n) is 3.40. The number of hydrogen-bond acceptors (Lipinski definition) is 5. The van der Waals surface area contributed by atoms with Crippen molar-refractivity contribution in [1.82, 2.24) is 15.8 Å². The van der Waals surface area contributed by atoms with Crippen molar-refractivity contribution in [2.45, 2.75) is 32.3 Å². The summed E-state index contributed by atoms with van der Waals surface area (Å²) in [5.74, 6) is 0.596. The second-order valence-electron chi connectivity index (χ2n) is 4.96. The molecule has 2 rings (SSSR count). The van der Waals surface area contributed by atoms with Crippen LogP contribution in [0.4, 0.5) is 0 Å². The molecule has 6 heteroatoms. The van der Waals surface area contributed by atoms with Crippen LogP contribution in [0.25, 0.3) is 0 Å². The molecule has 0 saturated carbocycles. The van der Waals surface area contributed by atoms with Crippen LogP contribution in [0.5, 0.6) is 0 Å². The number of aliphatic hydroxyl groups excluding tert-OH is 1. The standard InChI is InChI=1S/C13H21N3O3/c1-2-3-10-6-11(16-19-10)13(18)15-7-9-4-5-14-8-12(9)17/h6,9,12,14,17H,2-5,7-8H2,1H3,(H,15,18)/t9-,12+/m0/s1. The van der Waals surface area contributed by atoms with Crippen LogP contribution in [0.2, 0.25) is 0 Å². The molecule has 1 aliphatic rings. The maximum Gasteiger partial charge on any atom is 0.273 e. The molecule has 0 radical (unpaired) electrons. The molecule has 0 bridgehead atoms. The fourth-order valence-corrected chi connectivity index (χ4v) is 2.23. The maximum atomic E-state index is 11.9. The summed E-state index contributed by atoms with van der Waals surface area (Å²) in [5.41, 5.74) is 0.312. The van der Waals surface area contributed by atoms with Crippen LogP contribution >= 0.6 is 0 Å². The van der Waals surface area contributed by atoms with E-state index in [2.05, 4.69) is 15.8 Å². The minimum Gasteiger partial charge on any atom is -0.391 e. The predicted octanol–water partition coefficient (Wildman–Crippen LogP) is 0.327. The smallest absolute Gasteiger partial charge is 0.273 e. The summed E-state index contributed by atoms with van der Waals surface area (Å²) in [6.45, 7) is 3.98. The molecule has 1 amide bonds. The quantitative estimate of drug-likeness (QED) is 0.715. The number of amides is 1. The number of hydrogen-bond donors (Lipinski definition) is 3. The Kier molecular flexibility index (Phi) is 4.93. The van der Waals surface area contributed by atoms with Gasteiger partial charge in [-0.2, -0.15) is 0 Å². The zero-order chi connectivity index (χ0) is 13.7. The molecule has 1 aromatic heterocycles. The van der Waals surface area contributed by atoms with Crippen LogP contribution in [0.1, 0.15) is 36.0 Å². The number of rotatable bonds is 5. The van der Waals surface area contributed by atoms with Crippen LogP contribution in [0.15, 0.2) is 10.6 Å². The van der Waals surface area contributed by atoms with E-state index in [0.717, 1.165) is 31.6 Å². The number of aromatic nitrogens is 1. The summed E-state index contributed by atoms with van der Waals surface area (Å²) < 4.78 is 5.07. The first kappa shape index (κ1) is 14.0. The van der Waals surface area contributed by atoms with Crippen molar-refractivity contribution in [1.29, 1.82) is 0 Å². The molecule has 0 aliphatic carbocycles. The zero-order valence-corrected chi connectivity index (χ0v) is 11.2. The van der Waals surface area contributed by atoms with Gasteiger partial charge in [0.25, 0.3) is 5.91 Å². The second kappa shape index (κ2) is 6.68. The van der Waals surface area contributed by atoms with E-state index in [1.165, 1.54) is 0 Å². The first-order valence-corrected chi connectivity index (χ1v) is 6.83. The number of β-amino-alcohol motifs (C(OH)–C–C–N with tert-alkyl or cyclic N) is 1. The molecule has 1 fully saturated rings. The monoisotopic (exact) mass is 267 g/mol. The van der Waals surface area contributed by atoms with Gasteiger partial charge >= 0.3 is 0 Å². The van der Waals surface area contributed by atoms with Crippen LogP contribution in [0, 0.1) is 5.92 Å². The Morgan fingerprint density at radius 2 is 2.53 bits per heavy atom. The SMILES string of the molecule is CCCc1cc(C(=O)NC[C@@H]2CCNC[C@H]2O)no1. The Morgan fingerprint density at radius 3 is 3.26 bits per heavy atom. The summed E-state index contributed by atoms with van der Waals surface area (Å²) in [5, 5.41) is 19.5. The normalized spacial score (nSPS) is 23.3. The molecule has 1 aliphatic heterocycles. The summed E-state index contributed by atoms with van der Waals surface area (Å²) in [6, 6.07) is 1.68. The van der Waals surface area contributed by atoms with Gasteiger partial charge in [-0.25, -0.2) is 0 Å². The number of carbonyl (C=O) groups is 1. The Balaban J connectivity index is 1.82. The van der Waals surface area contributed by atoms with Crippen molar-refractivity contribution in [3.8, 4) is 0 Å². The Bertz CT molecular complexity index is 419. The highest BCUT2D eigenvalue weighted by atomic mass is 16.5. The molecule has 0 aromatic carbocycles. The largest absolute Gasteiger partial charge is 0.391 e. The van der Waals surface area contributed by atoms with Crippen molar-refractivity contribution in [3.05, 3.63) is 17.5 Å². The predicted molar refractivity (Wildman–Crippen MR) is 69.8 cm³/mol. The van der Waals surface area contributed by atoms with Crippen molar-refractivity contribution in [2.24, 2.45) is 5.92 Å². The summed E-state index contributed by atoms with van der Waals surface area (Å²) in [6.07, 6.45) is 2.20. The van der Waals surface area contributed by atoms with E-state index in [0.29, 0.717) is 18.8 Å². The van der Waals surface area contributed by atoms with E-state index < -0.39 is 6.10 Å². The average molecular weight is 267 g/mol.